The lowest BCUT2D eigenvalue weighted by Crippen LogP contribution is -2.18. The molecule has 0 aromatic heterocycles. The predicted molar refractivity (Wildman–Crippen MR) is 62.8 cm³/mol. The standard InChI is InChI=1S/C11H14N2OS/c12-10(14)8-6-9(15-11(8)13)7-4-2-1-3-5-7/h1-4,7,9H,5-6,13H2,(H2,12,14). The lowest BCUT2D eigenvalue weighted by Gasteiger charge is -2.19. The van der Waals surface area contributed by atoms with Gasteiger partial charge in [0.25, 0.3) is 0 Å². The number of allylic oxidation sites excluding steroid dienone is 4. The van der Waals surface area contributed by atoms with Gasteiger partial charge in [0.2, 0.25) is 5.91 Å². The van der Waals surface area contributed by atoms with Crippen molar-refractivity contribution in [2.45, 2.75) is 18.1 Å². The molecule has 15 heavy (non-hydrogen) atoms. The van der Waals surface area contributed by atoms with Crippen molar-refractivity contribution in [1.29, 1.82) is 0 Å². The van der Waals surface area contributed by atoms with Crippen LogP contribution in [0.1, 0.15) is 12.8 Å². The largest absolute Gasteiger partial charge is 0.393 e. The number of nitrogens with two attached hydrogens (primary N) is 2. The number of thioether (sulfide) groups is 1. The molecule has 0 fully saturated rings. The molecule has 0 aromatic carbocycles. The first-order valence-electron chi connectivity index (χ1n) is 4.97. The van der Waals surface area contributed by atoms with E-state index in [-0.39, 0.29) is 5.91 Å². The minimum Gasteiger partial charge on any atom is -0.393 e. The van der Waals surface area contributed by atoms with E-state index in [1.165, 1.54) is 0 Å². The van der Waals surface area contributed by atoms with Gasteiger partial charge in [-0.25, -0.2) is 0 Å². The van der Waals surface area contributed by atoms with Gasteiger partial charge in [-0.3, -0.25) is 4.79 Å². The quantitative estimate of drug-likeness (QED) is 0.739. The first kappa shape index (κ1) is 10.4. The smallest absolute Gasteiger partial charge is 0.247 e. The van der Waals surface area contributed by atoms with E-state index >= 15 is 0 Å². The summed E-state index contributed by atoms with van der Waals surface area (Å²) in [4.78, 5) is 11.1. The number of amides is 1. The van der Waals surface area contributed by atoms with Gasteiger partial charge in [-0.05, 0) is 18.8 Å². The van der Waals surface area contributed by atoms with Gasteiger partial charge in [0, 0.05) is 10.8 Å². The van der Waals surface area contributed by atoms with Crippen LogP contribution in [0.3, 0.4) is 0 Å². The number of rotatable bonds is 2. The molecule has 4 heteroatoms. The maximum atomic E-state index is 11.1. The highest BCUT2D eigenvalue weighted by atomic mass is 32.2. The first-order valence-corrected chi connectivity index (χ1v) is 5.85. The van der Waals surface area contributed by atoms with Gasteiger partial charge in [-0.1, -0.05) is 24.3 Å². The van der Waals surface area contributed by atoms with Crippen molar-refractivity contribution in [2.75, 3.05) is 0 Å². The SMILES string of the molecule is NC(=O)C1=C(N)SC(C2C=CC=CC2)C1. The highest BCUT2D eigenvalue weighted by molar-refractivity contribution is 8.03. The molecular formula is C11H14N2OS. The molecule has 1 heterocycles. The average molecular weight is 222 g/mol. The molecule has 0 spiro atoms. The molecule has 1 aliphatic carbocycles. The molecule has 80 valence electrons. The van der Waals surface area contributed by atoms with Crippen molar-refractivity contribution >= 4 is 17.7 Å². The molecule has 0 saturated heterocycles. The van der Waals surface area contributed by atoms with Crippen molar-refractivity contribution < 1.29 is 4.79 Å². The Bertz CT molecular complexity index is 371. The number of hydrogen-bond acceptors (Lipinski definition) is 3. The van der Waals surface area contributed by atoms with Crippen LogP contribution in [0, 0.1) is 5.92 Å². The summed E-state index contributed by atoms with van der Waals surface area (Å²) in [5.41, 5.74) is 11.6. The van der Waals surface area contributed by atoms with Crippen molar-refractivity contribution in [3.8, 4) is 0 Å². The van der Waals surface area contributed by atoms with Gasteiger partial charge in [0.05, 0.1) is 5.03 Å². The van der Waals surface area contributed by atoms with E-state index in [9.17, 15) is 4.79 Å². The van der Waals surface area contributed by atoms with Crippen LogP contribution < -0.4 is 11.5 Å². The molecule has 1 amide bonds. The second kappa shape index (κ2) is 4.14. The minimum atomic E-state index is -0.377. The third kappa shape index (κ3) is 2.09. The average Bonchev–Trinajstić information content (AvgIpc) is 2.62. The fraction of sp³-hybridized carbons (Fsp3) is 0.364. The molecule has 2 aliphatic rings. The predicted octanol–water partition coefficient (Wildman–Crippen LogP) is 1.28. The van der Waals surface area contributed by atoms with Crippen molar-refractivity contribution in [2.24, 2.45) is 17.4 Å². The van der Waals surface area contributed by atoms with E-state index < -0.39 is 0 Å². The van der Waals surface area contributed by atoms with E-state index in [1.807, 2.05) is 12.2 Å². The highest BCUT2D eigenvalue weighted by Crippen LogP contribution is 2.40. The van der Waals surface area contributed by atoms with Crippen LogP contribution >= 0.6 is 11.8 Å². The summed E-state index contributed by atoms with van der Waals surface area (Å²) in [6.45, 7) is 0. The maximum Gasteiger partial charge on any atom is 0.247 e. The van der Waals surface area contributed by atoms with E-state index in [4.69, 9.17) is 11.5 Å². The van der Waals surface area contributed by atoms with Crippen LogP contribution in [0.15, 0.2) is 34.9 Å². The summed E-state index contributed by atoms with van der Waals surface area (Å²) in [7, 11) is 0. The van der Waals surface area contributed by atoms with Gasteiger partial charge >= 0.3 is 0 Å². The van der Waals surface area contributed by atoms with Crippen LogP contribution in [-0.4, -0.2) is 11.2 Å². The molecular weight excluding hydrogens is 208 g/mol. The third-order valence-electron chi connectivity index (χ3n) is 2.77. The van der Waals surface area contributed by atoms with Gasteiger partial charge < -0.3 is 11.5 Å². The monoisotopic (exact) mass is 222 g/mol. The Balaban J connectivity index is 2.03. The van der Waals surface area contributed by atoms with Crippen LogP contribution in [0.4, 0.5) is 0 Å². The zero-order chi connectivity index (χ0) is 10.8. The molecule has 0 aromatic rings. The topological polar surface area (TPSA) is 69.1 Å². The van der Waals surface area contributed by atoms with Crippen molar-refractivity contribution in [3.05, 3.63) is 34.9 Å². The second-order valence-corrected chi connectivity index (χ2v) is 5.06. The Kier molecular flexibility index (Phi) is 2.86. The van der Waals surface area contributed by atoms with E-state index in [1.54, 1.807) is 11.8 Å². The zero-order valence-electron chi connectivity index (χ0n) is 8.35. The Hall–Kier alpha value is -1.16. The first-order chi connectivity index (χ1) is 7.18. The summed E-state index contributed by atoms with van der Waals surface area (Å²) < 4.78 is 0. The molecule has 2 unspecified atom stereocenters. The molecule has 0 saturated carbocycles. The van der Waals surface area contributed by atoms with Crippen LogP contribution in [-0.2, 0) is 4.79 Å². The lowest BCUT2D eigenvalue weighted by molar-refractivity contribution is -0.114. The van der Waals surface area contributed by atoms with Crippen LogP contribution in [0.25, 0.3) is 0 Å². The summed E-state index contributed by atoms with van der Waals surface area (Å²) in [6, 6.07) is 0. The number of carbonyl (C=O) groups is 1. The van der Waals surface area contributed by atoms with E-state index in [0.717, 1.165) is 6.42 Å². The highest BCUT2D eigenvalue weighted by Gasteiger charge is 2.31. The Morgan fingerprint density at radius 2 is 2.27 bits per heavy atom. The van der Waals surface area contributed by atoms with Gasteiger partial charge in [0.15, 0.2) is 0 Å². The normalized spacial score (nSPS) is 29.9. The molecule has 3 nitrogen and oxygen atoms in total. The number of carbonyl (C=O) groups excluding carboxylic acids is 1. The Morgan fingerprint density at radius 3 is 2.80 bits per heavy atom. The van der Waals surface area contributed by atoms with Crippen molar-refractivity contribution in [3.63, 3.8) is 0 Å². The second-order valence-electron chi connectivity index (χ2n) is 3.78. The Morgan fingerprint density at radius 1 is 1.47 bits per heavy atom. The fourth-order valence-electron chi connectivity index (χ4n) is 1.91. The van der Waals surface area contributed by atoms with Crippen LogP contribution in [0.2, 0.25) is 0 Å². The van der Waals surface area contributed by atoms with Crippen molar-refractivity contribution in [1.82, 2.24) is 0 Å². The maximum absolute atomic E-state index is 11.1. The summed E-state index contributed by atoms with van der Waals surface area (Å²) in [6.07, 6.45) is 10.1. The van der Waals surface area contributed by atoms with E-state index in [0.29, 0.717) is 28.2 Å². The zero-order valence-corrected chi connectivity index (χ0v) is 9.17. The van der Waals surface area contributed by atoms with Gasteiger partial charge in [0.1, 0.15) is 0 Å². The lowest BCUT2D eigenvalue weighted by atomic mass is 9.93. The molecule has 2 atom stereocenters. The molecule has 0 radical (unpaired) electrons. The minimum absolute atomic E-state index is 0.369. The third-order valence-corrected chi connectivity index (χ3v) is 4.09. The molecule has 2 rings (SSSR count). The summed E-state index contributed by atoms with van der Waals surface area (Å²) in [5, 5.41) is 0.976. The van der Waals surface area contributed by atoms with Gasteiger partial charge in [-0.15, -0.1) is 11.8 Å². The van der Waals surface area contributed by atoms with Crippen LogP contribution in [0.5, 0.6) is 0 Å². The fourth-order valence-corrected chi connectivity index (χ4v) is 3.19. The number of hydrogen-bond donors (Lipinski definition) is 2. The molecule has 1 aliphatic heterocycles. The summed E-state index contributed by atoms with van der Waals surface area (Å²) in [5.74, 6) is 0.0910. The molecule has 4 N–H and O–H groups in total. The molecule has 0 bridgehead atoms. The Labute approximate surface area is 93.3 Å². The van der Waals surface area contributed by atoms with Gasteiger partial charge in [-0.2, -0.15) is 0 Å². The number of primary amides is 1. The summed E-state index contributed by atoms with van der Waals surface area (Å²) >= 11 is 1.58. The van der Waals surface area contributed by atoms with E-state index in [2.05, 4.69) is 12.2 Å².